The van der Waals surface area contributed by atoms with Gasteiger partial charge in [-0.2, -0.15) is 0 Å². The molecule has 5 rings (SSSR count). The number of carbonyl (C=O) groups is 2. The van der Waals surface area contributed by atoms with Crippen LogP contribution in [0.15, 0.2) is 45.7 Å². The maximum atomic E-state index is 14.8. The number of likely N-dealkylation sites (tertiary alicyclic amines) is 1. The van der Waals surface area contributed by atoms with Crippen molar-refractivity contribution in [3.63, 3.8) is 0 Å². The molecule has 0 atom stereocenters. The molecule has 12 heteroatoms. The quantitative estimate of drug-likeness (QED) is 0.322. The molecule has 2 saturated heterocycles. The minimum absolute atomic E-state index is 0.0859. The molecule has 0 aliphatic carbocycles. The standard InChI is InChI=1S/C33H42FN3O7S/c1-32(2,3)22-8-9-26(42-20-21-10-14-37(15-11-21)31(39)44-33(4,5)6)29(16-22)45(40,41)35-30(38)28-19-24-25(34)17-23(18-27(24)43-28)36-12-7-13-36/h8-9,16-19,21H,7,10-15,20H2,1-6H3,(H,35,38). The number of hydrogen-bond acceptors (Lipinski definition) is 8. The number of hydrogen-bond donors (Lipinski definition) is 1. The third-order valence-corrected chi connectivity index (χ3v) is 9.44. The molecule has 0 unspecified atom stereocenters. The predicted molar refractivity (Wildman–Crippen MR) is 169 cm³/mol. The summed E-state index contributed by atoms with van der Waals surface area (Å²) in [5.74, 6) is -1.70. The highest BCUT2D eigenvalue weighted by atomic mass is 32.2. The summed E-state index contributed by atoms with van der Waals surface area (Å²) in [7, 11) is -4.43. The molecule has 2 aromatic carbocycles. The number of carbonyl (C=O) groups excluding carboxylic acids is 2. The Morgan fingerprint density at radius 2 is 1.69 bits per heavy atom. The summed E-state index contributed by atoms with van der Waals surface area (Å²) in [4.78, 5) is 29.1. The number of furan rings is 1. The lowest BCUT2D eigenvalue weighted by molar-refractivity contribution is 0.0164. The lowest BCUT2D eigenvalue weighted by atomic mass is 9.87. The van der Waals surface area contributed by atoms with E-state index in [0.717, 1.165) is 25.1 Å². The number of amides is 2. The molecule has 2 aliphatic heterocycles. The van der Waals surface area contributed by atoms with E-state index in [-0.39, 0.29) is 51.4 Å². The highest BCUT2D eigenvalue weighted by Gasteiger charge is 2.30. The van der Waals surface area contributed by atoms with Crippen molar-refractivity contribution in [2.24, 2.45) is 5.92 Å². The Kier molecular flexibility index (Phi) is 8.82. The number of halogens is 1. The van der Waals surface area contributed by atoms with Gasteiger partial charge in [0.05, 0.1) is 12.0 Å². The maximum absolute atomic E-state index is 14.8. The first-order valence-corrected chi connectivity index (χ1v) is 16.8. The number of sulfonamides is 1. The molecule has 2 amide bonds. The van der Waals surface area contributed by atoms with Gasteiger partial charge in [0.15, 0.2) is 5.76 Å². The zero-order chi connectivity index (χ0) is 32.7. The molecule has 0 spiro atoms. The van der Waals surface area contributed by atoms with Crippen LogP contribution in [-0.2, 0) is 20.2 Å². The molecule has 2 aliphatic rings. The van der Waals surface area contributed by atoms with Crippen LogP contribution in [0.1, 0.15) is 76.9 Å². The molecular weight excluding hydrogens is 601 g/mol. The molecule has 244 valence electrons. The van der Waals surface area contributed by atoms with Gasteiger partial charge in [0, 0.05) is 44.0 Å². The van der Waals surface area contributed by atoms with E-state index in [1.54, 1.807) is 23.1 Å². The second-order valence-corrected chi connectivity index (χ2v) is 15.5. The Balaban J connectivity index is 1.32. The number of ether oxygens (including phenoxy) is 2. The minimum atomic E-state index is -4.43. The molecule has 0 bridgehead atoms. The first-order chi connectivity index (χ1) is 21.0. The van der Waals surface area contributed by atoms with Gasteiger partial charge in [0.25, 0.3) is 10.0 Å². The molecule has 0 radical (unpaired) electrons. The zero-order valence-corrected chi connectivity index (χ0v) is 27.6. The summed E-state index contributed by atoms with van der Waals surface area (Å²) in [5, 5.41) is 0.0956. The number of nitrogens with one attached hydrogen (secondary N) is 1. The Morgan fingerprint density at radius 3 is 2.29 bits per heavy atom. The van der Waals surface area contributed by atoms with E-state index in [2.05, 4.69) is 4.72 Å². The van der Waals surface area contributed by atoms with Crippen molar-refractivity contribution >= 4 is 38.7 Å². The molecule has 1 N–H and O–H groups in total. The van der Waals surface area contributed by atoms with Crippen LogP contribution in [0.25, 0.3) is 11.0 Å². The average Bonchev–Trinajstić information content (AvgIpc) is 3.35. The maximum Gasteiger partial charge on any atom is 0.410 e. The van der Waals surface area contributed by atoms with Crippen molar-refractivity contribution in [1.29, 1.82) is 0 Å². The third kappa shape index (κ3) is 7.54. The van der Waals surface area contributed by atoms with E-state index in [0.29, 0.717) is 31.6 Å². The van der Waals surface area contributed by atoms with E-state index in [1.165, 1.54) is 18.2 Å². The van der Waals surface area contributed by atoms with Crippen LogP contribution in [-0.4, -0.2) is 63.7 Å². The first kappa shape index (κ1) is 32.6. The SMILES string of the molecule is CC(C)(C)OC(=O)N1CCC(COc2ccc(C(C)(C)C)cc2S(=O)(=O)NC(=O)c2cc3c(F)cc(N4CCC4)cc3o2)CC1. The van der Waals surface area contributed by atoms with Crippen LogP contribution in [0.3, 0.4) is 0 Å². The van der Waals surface area contributed by atoms with Crippen molar-refractivity contribution in [2.45, 2.75) is 76.7 Å². The van der Waals surface area contributed by atoms with Gasteiger partial charge >= 0.3 is 12.0 Å². The van der Waals surface area contributed by atoms with Crippen LogP contribution in [0.4, 0.5) is 14.9 Å². The average molecular weight is 644 g/mol. The first-order valence-electron chi connectivity index (χ1n) is 15.3. The van der Waals surface area contributed by atoms with Crippen LogP contribution < -0.4 is 14.4 Å². The van der Waals surface area contributed by atoms with Crippen molar-refractivity contribution < 1.29 is 36.3 Å². The fourth-order valence-electron chi connectivity index (χ4n) is 5.30. The van der Waals surface area contributed by atoms with Crippen molar-refractivity contribution in [1.82, 2.24) is 9.62 Å². The second-order valence-electron chi connectivity index (χ2n) is 13.9. The van der Waals surface area contributed by atoms with E-state index < -0.39 is 27.3 Å². The topological polar surface area (TPSA) is 118 Å². The molecule has 10 nitrogen and oxygen atoms in total. The van der Waals surface area contributed by atoms with E-state index in [9.17, 15) is 22.4 Å². The third-order valence-electron chi connectivity index (χ3n) is 8.08. The molecule has 0 saturated carbocycles. The van der Waals surface area contributed by atoms with Gasteiger partial charge in [0.1, 0.15) is 27.6 Å². The van der Waals surface area contributed by atoms with E-state index in [1.807, 2.05) is 46.4 Å². The Hall–Kier alpha value is -3.80. The Labute approximate surface area is 263 Å². The minimum Gasteiger partial charge on any atom is -0.492 e. The molecule has 3 aromatic rings. The summed E-state index contributed by atoms with van der Waals surface area (Å²) in [6.45, 7) is 14.2. The number of benzene rings is 2. The van der Waals surface area contributed by atoms with Crippen LogP contribution in [0.5, 0.6) is 5.75 Å². The largest absolute Gasteiger partial charge is 0.492 e. The lowest BCUT2D eigenvalue weighted by Crippen LogP contribution is -2.42. The molecule has 3 heterocycles. The summed E-state index contributed by atoms with van der Waals surface area (Å²) in [5.41, 5.74) is 0.585. The summed E-state index contributed by atoms with van der Waals surface area (Å²) in [6, 6.07) is 9.16. The zero-order valence-electron chi connectivity index (χ0n) is 26.7. The van der Waals surface area contributed by atoms with Crippen molar-refractivity contribution in [2.75, 3.05) is 37.7 Å². The van der Waals surface area contributed by atoms with Gasteiger partial charge in [-0.15, -0.1) is 0 Å². The second kappa shape index (κ2) is 12.2. The highest BCUT2D eigenvalue weighted by Crippen LogP contribution is 2.33. The summed E-state index contributed by atoms with van der Waals surface area (Å²) < 4.78 is 61.5. The number of rotatable bonds is 7. The predicted octanol–water partition coefficient (Wildman–Crippen LogP) is 6.22. The number of anilines is 1. The van der Waals surface area contributed by atoms with E-state index >= 15 is 0 Å². The summed E-state index contributed by atoms with van der Waals surface area (Å²) >= 11 is 0. The summed E-state index contributed by atoms with van der Waals surface area (Å²) in [6.07, 6.45) is 1.99. The molecular formula is C33H42FN3O7S. The van der Waals surface area contributed by atoms with Crippen LogP contribution >= 0.6 is 0 Å². The van der Waals surface area contributed by atoms with Gasteiger partial charge < -0.3 is 23.7 Å². The molecule has 2 fully saturated rings. The van der Waals surface area contributed by atoms with Gasteiger partial charge in [0.2, 0.25) is 0 Å². The fraction of sp³-hybridized carbons (Fsp3) is 0.515. The van der Waals surface area contributed by atoms with Crippen LogP contribution in [0, 0.1) is 11.7 Å². The Morgan fingerprint density at radius 1 is 1.00 bits per heavy atom. The van der Waals surface area contributed by atoms with Gasteiger partial charge in [-0.3, -0.25) is 4.79 Å². The molecule has 45 heavy (non-hydrogen) atoms. The monoisotopic (exact) mass is 643 g/mol. The lowest BCUT2D eigenvalue weighted by Gasteiger charge is -2.33. The van der Waals surface area contributed by atoms with Crippen LogP contribution in [0.2, 0.25) is 0 Å². The Bertz CT molecular complexity index is 1690. The number of nitrogens with zero attached hydrogens (tertiary/aromatic N) is 2. The van der Waals surface area contributed by atoms with Gasteiger partial charge in [-0.25, -0.2) is 22.3 Å². The molecule has 1 aromatic heterocycles. The van der Waals surface area contributed by atoms with E-state index in [4.69, 9.17) is 13.9 Å². The van der Waals surface area contributed by atoms with Gasteiger partial charge in [-0.05, 0) is 75.1 Å². The fourth-order valence-corrected chi connectivity index (χ4v) is 6.43. The smallest absolute Gasteiger partial charge is 0.410 e. The van der Waals surface area contributed by atoms with Gasteiger partial charge in [-0.1, -0.05) is 26.8 Å². The number of fused-ring (bicyclic) bond motifs is 1. The van der Waals surface area contributed by atoms with Crippen molar-refractivity contribution in [3.05, 3.63) is 53.5 Å². The highest BCUT2D eigenvalue weighted by molar-refractivity contribution is 7.90. The number of piperidine rings is 1. The normalized spacial score (nSPS) is 16.4. The van der Waals surface area contributed by atoms with Crippen molar-refractivity contribution in [3.8, 4) is 5.75 Å².